The summed E-state index contributed by atoms with van der Waals surface area (Å²) in [6, 6.07) is 10.3. The van der Waals surface area contributed by atoms with E-state index in [1.165, 1.54) is 0 Å². The average molecular weight is 307 g/mol. The number of aliphatic hydroxyl groups excluding tert-OH is 1. The molecule has 0 radical (unpaired) electrons. The van der Waals surface area contributed by atoms with Crippen molar-refractivity contribution < 1.29 is 10.2 Å². The van der Waals surface area contributed by atoms with E-state index in [-0.39, 0.29) is 5.75 Å². The third-order valence-electron chi connectivity index (χ3n) is 3.40. The van der Waals surface area contributed by atoms with Crippen molar-refractivity contribution in [2.45, 2.75) is 12.5 Å². The van der Waals surface area contributed by atoms with E-state index in [1.807, 2.05) is 6.08 Å². The Bertz CT molecular complexity index is 687. The molecule has 0 amide bonds. The van der Waals surface area contributed by atoms with Crippen molar-refractivity contribution in [1.29, 1.82) is 0 Å². The van der Waals surface area contributed by atoms with Crippen LogP contribution in [0.5, 0.6) is 5.75 Å². The summed E-state index contributed by atoms with van der Waals surface area (Å²) in [5.41, 5.74) is 3.50. The van der Waals surface area contributed by atoms with Crippen LogP contribution in [-0.4, -0.2) is 10.2 Å². The number of aliphatic hydroxyl groups is 1. The Morgan fingerprint density at radius 3 is 2.45 bits per heavy atom. The van der Waals surface area contributed by atoms with Crippen molar-refractivity contribution in [3.8, 4) is 5.75 Å². The molecular formula is C16H12Cl2O2. The molecule has 0 saturated heterocycles. The Morgan fingerprint density at radius 2 is 1.75 bits per heavy atom. The van der Waals surface area contributed by atoms with E-state index in [4.69, 9.17) is 23.2 Å². The summed E-state index contributed by atoms with van der Waals surface area (Å²) in [6.45, 7) is 0. The molecule has 0 aromatic heterocycles. The number of aromatic hydroxyl groups is 1. The zero-order valence-corrected chi connectivity index (χ0v) is 12.0. The number of rotatable bonds is 1. The van der Waals surface area contributed by atoms with Gasteiger partial charge in [0.25, 0.3) is 0 Å². The van der Waals surface area contributed by atoms with E-state index in [9.17, 15) is 10.2 Å². The van der Waals surface area contributed by atoms with Crippen molar-refractivity contribution in [1.82, 2.24) is 0 Å². The second-order valence-corrected chi connectivity index (χ2v) is 5.76. The summed E-state index contributed by atoms with van der Waals surface area (Å²) in [6.07, 6.45) is 1.84. The van der Waals surface area contributed by atoms with Crippen molar-refractivity contribution in [2.75, 3.05) is 0 Å². The summed E-state index contributed by atoms with van der Waals surface area (Å²) in [5.74, 6) is 0.211. The number of hydrogen-bond acceptors (Lipinski definition) is 2. The molecule has 0 saturated carbocycles. The number of benzene rings is 2. The van der Waals surface area contributed by atoms with E-state index in [2.05, 4.69) is 0 Å². The first kappa shape index (κ1) is 13.5. The zero-order chi connectivity index (χ0) is 14.3. The lowest BCUT2D eigenvalue weighted by Crippen LogP contribution is -1.93. The maximum atomic E-state index is 10.3. The highest BCUT2D eigenvalue weighted by Gasteiger charge is 2.25. The summed E-state index contributed by atoms with van der Waals surface area (Å²) in [7, 11) is 0. The Hall–Kier alpha value is -1.48. The fourth-order valence-electron chi connectivity index (χ4n) is 2.53. The summed E-state index contributed by atoms with van der Waals surface area (Å²) in [5, 5.41) is 20.9. The van der Waals surface area contributed by atoms with Crippen LogP contribution in [0, 0.1) is 0 Å². The molecule has 1 unspecified atom stereocenters. The van der Waals surface area contributed by atoms with Crippen LogP contribution in [0.1, 0.15) is 22.8 Å². The minimum absolute atomic E-state index is 0.211. The molecule has 4 heteroatoms. The Kier molecular flexibility index (Phi) is 3.47. The zero-order valence-electron chi connectivity index (χ0n) is 10.5. The highest BCUT2D eigenvalue weighted by molar-refractivity contribution is 6.34. The average Bonchev–Trinajstić information content (AvgIpc) is 2.64. The highest BCUT2D eigenvalue weighted by Crippen LogP contribution is 2.38. The first-order valence-electron chi connectivity index (χ1n) is 6.19. The molecule has 2 aromatic rings. The van der Waals surface area contributed by atoms with Gasteiger partial charge in [0, 0.05) is 10.0 Å². The van der Waals surface area contributed by atoms with Crippen molar-refractivity contribution in [2.24, 2.45) is 0 Å². The molecule has 0 spiro atoms. The summed E-state index contributed by atoms with van der Waals surface area (Å²) < 4.78 is 0. The maximum absolute atomic E-state index is 10.3. The molecule has 1 atom stereocenters. The minimum atomic E-state index is -0.650. The number of fused-ring (bicyclic) bond motifs is 1. The molecule has 0 heterocycles. The van der Waals surface area contributed by atoms with E-state index in [0.29, 0.717) is 16.5 Å². The first-order valence-corrected chi connectivity index (χ1v) is 6.95. The maximum Gasteiger partial charge on any atom is 0.115 e. The second-order valence-electron chi connectivity index (χ2n) is 4.88. The van der Waals surface area contributed by atoms with Crippen LogP contribution in [0.25, 0.3) is 6.08 Å². The van der Waals surface area contributed by atoms with Gasteiger partial charge in [-0.05, 0) is 59.0 Å². The fraction of sp³-hybridized carbons (Fsp3) is 0.125. The van der Waals surface area contributed by atoms with Gasteiger partial charge in [-0.2, -0.15) is 0 Å². The number of phenolic OH excluding ortho intramolecular Hbond substituents is 1. The van der Waals surface area contributed by atoms with Crippen molar-refractivity contribution in [3.63, 3.8) is 0 Å². The Balaban J connectivity index is 1.98. The van der Waals surface area contributed by atoms with Gasteiger partial charge in [-0.1, -0.05) is 35.3 Å². The molecule has 2 aromatic carbocycles. The third kappa shape index (κ3) is 2.55. The quantitative estimate of drug-likeness (QED) is 0.821. The molecule has 0 bridgehead atoms. The smallest absolute Gasteiger partial charge is 0.115 e. The summed E-state index contributed by atoms with van der Waals surface area (Å²) in [4.78, 5) is 0. The van der Waals surface area contributed by atoms with Crippen LogP contribution in [0.3, 0.4) is 0 Å². The molecule has 3 rings (SSSR count). The van der Waals surface area contributed by atoms with Gasteiger partial charge in [0.05, 0.1) is 0 Å². The molecule has 102 valence electrons. The highest BCUT2D eigenvalue weighted by atomic mass is 35.5. The second kappa shape index (κ2) is 5.13. The van der Waals surface area contributed by atoms with Crippen LogP contribution in [0.15, 0.2) is 42.0 Å². The number of phenols is 1. The van der Waals surface area contributed by atoms with Crippen LogP contribution >= 0.6 is 23.2 Å². The van der Waals surface area contributed by atoms with Crippen LogP contribution in [0.4, 0.5) is 0 Å². The van der Waals surface area contributed by atoms with E-state index < -0.39 is 6.10 Å². The van der Waals surface area contributed by atoms with Gasteiger partial charge in [0.15, 0.2) is 0 Å². The van der Waals surface area contributed by atoms with Gasteiger partial charge in [0.2, 0.25) is 0 Å². The number of hydrogen-bond donors (Lipinski definition) is 2. The fourth-order valence-corrected chi connectivity index (χ4v) is 3.07. The molecule has 20 heavy (non-hydrogen) atoms. The topological polar surface area (TPSA) is 40.5 Å². The minimum Gasteiger partial charge on any atom is -0.508 e. The lowest BCUT2D eigenvalue weighted by atomic mass is 10.1. The molecule has 0 aliphatic heterocycles. The SMILES string of the molecule is Oc1ccc2c(c1)C/C(=C\c1cc(Cl)cc(Cl)c1)C2O. The predicted octanol–water partition coefficient (Wildman–Crippen LogP) is 4.37. The van der Waals surface area contributed by atoms with E-state index in [0.717, 1.165) is 22.3 Å². The van der Waals surface area contributed by atoms with Gasteiger partial charge in [-0.15, -0.1) is 0 Å². The monoisotopic (exact) mass is 306 g/mol. The van der Waals surface area contributed by atoms with Crippen LogP contribution in [0.2, 0.25) is 10.0 Å². The van der Waals surface area contributed by atoms with E-state index in [1.54, 1.807) is 36.4 Å². The van der Waals surface area contributed by atoms with Gasteiger partial charge >= 0.3 is 0 Å². The Morgan fingerprint density at radius 1 is 1.05 bits per heavy atom. The van der Waals surface area contributed by atoms with Gasteiger partial charge < -0.3 is 10.2 Å². The van der Waals surface area contributed by atoms with Crippen LogP contribution in [-0.2, 0) is 6.42 Å². The Labute approximate surface area is 126 Å². The predicted molar refractivity (Wildman–Crippen MR) is 81.2 cm³/mol. The molecule has 1 aliphatic rings. The molecule has 1 aliphatic carbocycles. The van der Waals surface area contributed by atoms with Crippen molar-refractivity contribution >= 4 is 29.3 Å². The summed E-state index contributed by atoms with van der Waals surface area (Å²) >= 11 is 11.9. The van der Waals surface area contributed by atoms with Gasteiger partial charge in [-0.25, -0.2) is 0 Å². The largest absolute Gasteiger partial charge is 0.508 e. The lowest BCUT2D eigenvalue weighted by Gasteiger charge is -2.06. The molecule has 2 N–H and O–H groups in total. The molecule has 0 fully saturated rings. The standard InChI is InChI=1S/C16H12Cl2O2/c17-12-4-9(5-13(18)8-12)3-11-6-10-7-14(19)1-2-15(10)16(11)20/h1-5,7-8,16,19-20H,6H2/b11-3+. The molecule has 2 nitrogen and oxygen atoms in total. The third-order valence-corrected chi connectivity index (χ3v) is 3.84. The lowest BCUT2D eigenvalue weighted by molar-refractivity contribution is 0.222. The number of halogens is 2. The van der Waals surface area contributed by atoms with Crippen molar-refractivity contribution in [3.05, 3.63) is 68.7 Å². The van der Waals surface area contributed by atoms with Crippen LogP contribution < -0.4 is 0 Å². The van der Waals surface area contributed by atoms with Gasteiger partial charge in [-0.3, -0.25) is 0 Å². The first-order chi connectivity index (χ1) is 9.52. The normalized spacial score (nSPS) is 19.4. The molecular weight excluding hydrogens is 295 g/mol. The van der Waals surface area contributed by atoms with Gasteiger partial charge in [0.1, 0.15) is 11.9 Å². The van der Waals surface area contributed by atoms with E-state index >= 15 is 0 Å².